The molecule has 0 aliphatic heterocycles. The number of carboxylic acid groups (broad SMARTS) is 1. The van der Waals surface area contributed by atoms with E-state index in [2.05, 4.69) is 5.32 Å². The monoisotopic (exact) mass is 343 g/mol. The summed E-state index contributed by atoms with van der Waals surface area (Å²) in [6, 6.07) is 11.9. The minimum Gasteiger partial charge on any atom is -0.493 e. The van der Waals surface area contributed by atoms with Crippen molar-refractivity contribution in [2.45, 2.75) is 12.8 Å². The van der Waals surface area contributed by atoms with Crippen molar-refractivity contribution >= 4 is 11.9 Å². The van der Waals surface area contributed by atoms with Gasteiger partial charge in [0.2, 0.25) is 5.91 Å². The van der Waals surface area contributed by atoms with Crippen molar-refractivity contribution in [2.24, 2.45) is 0 Å². The summed E-state index contributed by atoms with van der Waals surface area (Å²) >= 11 is 0. The zero-order valence-corrected chi connectivity index (χ0v) is 14.2. The number of nitrogens with one attached hydrogen (secondary N) is 1. The number of aromatic carboxylic acids is 1. The molecular formula is C19H21NO5. The van der Waals surface area contributed by atoms with Gasteiger partial charge in [0.25, 0.3) is 0 Å². The summed E-state index contributed by atoms with van der Waals surface area (Å²) in [5.41, 5.74) is 2.01. The van der Waals surface area contributed by atoms with E-state index in [-0.39, 0.29) is 17.9 Å². The van der Waals surface area contributed by atoms with Crippen LogP contribution in [0.15, 0.2) is 42.5 Å². The highest BCUT2D eigenvalue weighted by Gasteiger charge is 2.07. The van der Waals surface area contributed by atoms with Crippen LogP contribution in [0.1, 0.15) is 21.5 Å². The molecule has 2 aromatic carbocycles. The molecule has 2 aromatic rings. The van der Waals surface area contributed by atoms with Crippen molar-refractivity contribution in [3.63, 3.8) is 0 Å². The van der Waals surface area contributed by atoms with Crippen LogP contribution in [0, 0.1) is 0 Å². The topological polar surface area (TPSA) is 84.9 Å². The van der Waals surface area contributed by atoms with Gasteiger partial charge in [-0.2, -0.15) is 0 Å². The van der Waals surface area contributed by atoms with Crippen LogP contribution in [0.2, 0.25) is 0 Å². The van der Waals surface area contributed by atoms with Crippen LogP contribution >= 0.6 is 0 Å². The number of ether oxygens (including phenoxy) is 2. The van der Waals surface area contributed by atoms with Gasteiger partial charge in [0.05, 0.1) is 26.2 Å². The smallest absolute Gasteiger partial charge is 0.335 e. The van der Waals surface area contributed by atoms with Gasteiger partial charge in [-0.25, -0.2) is 4.79 Å². The molecule has 0 spiro atoms. The molecule has 0 bridgehead atoms. The Bertz CT molecular complexity index is 740. The second kappa shape index (κ2) is 8.73. The lowest BCUT2D eigenvalue weighted by molar-refractivity contribution is -0.120. The summed E-state index contributed by atoms with van der Waals surface area (Å²) in [4.78, 5) is 22.8. The number of carbonyl (C=O) groups is 2. The fourth-order valence-corrected chi connectivity index (χ4v) is 2.40. The van der Waals surface area contributed by atoms with Crippen LogP contribution in [0.4, 0.5) is 0 Å². The predicted molar refractivity (Wildman–Crippen MR) is 93.4 cm³/mol. The summed E-state index contributed by atoms with van der Waals surface area (Å²) in [5, 5.41) is 11.7. The predicted octanol–water partition coefficient (Wildman–Crippen LogP) is 2.30. The number of rotatable bonds is 8. The SMILES string of the molecule is COc1ccc(CCNC(=O)Cc2ccc(C(=O)O)cc2)cc1OC. The molecule has 0 unspecified atom stereocenters. The normalized spacial score (nSPS) is 10.2. The fourth-order valence-electron chi connectivity index (χ4n) is 2.40. The second-order valence-corrected chi connectivity index (χ2v) is 5.47. The number of methoxy groups -OCH3 is 2. The summed E-state index contributed by atoms with van der Waals surface area (Å²) in [6.45, 7) is 0.502. The zero-order chi connectivity index (χ0) is 18.2. The Morgan fingerprint density at radius 3 is 2.20 bits per heavy atom. The summed E-state index contributed by atoms with van der Waals surface area (Å²) < 4.78 is 10.4. The molecule has 132 valence electrons. The van der Waals surface area contributed by atoms with Gasteiger partial charge in [-0.05, 0) is 41.8 Å². The Hall–Kier alpha value is -3.02. The van der Waals surface area contributed by atoms with Crippen molar-refractivity contribution in [3.8, 4) is 11.5 Å². The molecule has 6 nitrogen and oxygen atoms in total. The first-order valence-corrected chi connectivity index (χ1v) is 7.83. The Balaban J connectivity index is 1.83. The van der Waals surface area contributed by atoms with Crippen molar-refractivity contribution in [3.05, 3.63) is 59.2 Å². The number of benzene rings is 2. The van der Waals surface area contributed by atoms with Crippen LogP contribution in [-0.4, -0.2) is 37.7 Å². The molecule has 6 heteroatoms. The van der Waals surface area contributed by atoms with E-state index in [1.165, 1.54) is 12.1 Å². The van der Waals surface area contributed by atoms with E-state index in [1.807, 2.05) is 18.2 Å². The van der Waals surface area contributed by atoms with Gasteiger partial charge >= 0.3 is 5.97 Å². The van der Waals surface area contributed by atoms with E-state index in [4.69, 9.17) is 14.6 Å². The highest BCUT2D eigenvalue weighted by atomic mass is 16.5. The van der Waals surface area contributed by atoms with Crippen molar-refractivity contribution in [2.75, 3.05) is 20.8 Å². The lowest BCUT2D eigenvalue weighted by Gasteiger charge is -2.10. The van der Waals surface area contributed by atoms with Crippen molar-refractivity contribution in [1.82, 2.24) is 5.32 Å². The molecule has 0 aliphatic rings. The van der Waals surface area contributed by atoms with E-state index >= 15 is 0 Å². The summed E-state index contributed by atoms with van der Waals surface area (Å²) in [5.74, 6) is 0.236. The molecule has 25 heavy (non-hydrogen) atoms. The number of hydrogen-bond acceptors (Lipinski definition) is 4. The van der Waals surface area contributed by atoms with Gasteiger partial charge in [-0.15, -0.1) is 0 Å². The van der Waals surface area contributed by atoms with Gasteiger partial charge in [0.15, 0.2) is 11.5 Å². The number of carbonyl (C=O) groups excluding carboxylic acids is 1. The first-order valence-electron chi connectivity index (χ1n) is 7.83. The highest BCUT2D eigenvalue weighted by Crippen LogP contribution is 2.27. The Labute approximate surface area is 146 Å². The molecule has 0 saturated carbocycles. The van der Waals surface area contributed by atoms with Gasteiger partial charge < -0.3 is 19.9 Å². The second-order valence-electron chi connectivity index (χ2n) is 5.47. The van der Waals surface area contributed by atoms with Gasteiger partial charge in [-0.3, -0.25) is 4.79 Å². The van der Waals surface area contributed by atoms with Gasteiger partial charge in [0, 0.05) is 6.54 Å². The first-order chi connectivity index (χ1) is 12.0. The molecular weight excluding hydrogens is 322 g/mol. The molecule has 0 aliphatic carbocycles. The van der Waals surface area contributed by atoms with Crippen LogP contribution in [0.25, 0.3) is 0 Å². The number of hydrogen-bond donors (Lipinski definition) is 2. The maximum absolute atomic E-state index is 12.0. The lowest BCUT2D eigenvalue weighted by atomic mass is 10.1. The van der Waals surface area contributed by atoms with Crippen molar-refractivity contribution in [1.29, 1.82) is 0 Å². The zero-order valence-electron chi connectivity index (χ0n) is 14.2. The van der Waals surface area contributed by atoms with Gasteiger partial charge in [0.1, 0.15) is 0 Å². The fraction of sp³-hybridized carbons (Fsp3) is 0.263. The average molecular weight is 343 g/mol. The standard InChI is InChI=1S/C19H21NO5/c1-24-16-8-5-14(11-17(16)25-2)9-10-20-18(21)12-13-3-6-15(7-4-13)19(22)23/h3-8,11H,9-10,12H2,1-2H3,(H,20,21)(H,22,23). The third-order valence-electron chi connectivity index (χ3n) is 3.75. The molecule has 2 N–H and O–H groups in total. The van der Waals surface area contributed by atoms with E-state index in [0.717, 1.165) is 11.1 Å². The maximum Gasteiger partial charge on any atom is 0.335 e. The molecule has 2 rings (SSSR count). The number of amides is 1. The quantitative estimate of drug-likeness (QED) is 0.768. The Morgan fingerprint density at radius 1 is 0.960 bits per heavy atom. The highest BCUT2D eigenvalue weighted by molar-refractivity contribution is 5.87. The first kappa shape index (κ1) is 18.3. The lowest BCUT2D eigenvalue weighted by Crippen LogP contribution is -2.27. The minimum atomic E-state index is -0.981. The summed E-state index contributed by atoms with van der Waals surface area (Å²) in [6.07, 6.45) is 0.885. The largest absolute Gasteiger partial charge is 0.493 e. The number of carboxylic acids is 1. The van der Waals surface area contributed by atoms with Crippen LogP contribution < -0.4 is 14.8 Å². The molecule has 0 fully saturated rings. The van der Waals surface area contributed by atoms with Crippen molar-refractivity contribution < 1.29 is 24.2 Å². The average Bonchev–Trinajstić information content (AvgIpc) is 2.62. The maximum atomic E-state index is 12.0. The minimum absolute atomic E-state index is 0.108. The van der Waals surface area contributed by atoms with E-state index in [9.17, 15) is 9.59 Å². The van der Waals surface area contributed by atoms with Gasteiger partial charge in [-0.1, -0.05) is 18.2 Å². The molecule has 1 amide bonds. The van der Waals surface area contributed by atoms with Crippen LogP contribution in [-0.2, 0) is 17.6 Å². The van der Waals surface area contributed by atoms with Crippen LogP contribution in [0.3, 0.4) is 0 Å². The molecule has 0 saturated heterocycles. The van der Waals surface area contributed by atoms with Crippen LogP contribution in [0.5, 0.6) is 11.5 Å². The molecule has 0 radical (unpaired) electrons. The Morgan fingerprint density at radius 2 is 1.60 bits per heavy atom. The van der Waals surface area contributed by atoms with E-state index in [1.54, 1.807) is 26.4 Å². The third-order valence-corrected chi connectivity index (χ3v) is 3.75. The Kier molecular flexibility index (Phi) is 6.39. The molecule has 0 aromatic heterocycles. The summed E-state index contributed by atoms with van der Waals surface area (Å²) in [7, 11) is 3.17. The molecule has 0 heterocycles. The third kappa shape index (κ3) is 5.24. The van der Waals surface area contributed by atoms with E-state index < -0.39 is 5.97 Å². The molecule has 0 atom stereocenters. The van der Waals surface area contributed by atoms with E-state index in [0.29, 0.717) is 24.5 Å².